The summed E-state index contributed by atoms with van der Waals surface area (Å²) in [5, 5.41) is 8.56. The maximum atomic E-state index is 12.9. The van der Waals surface area contributed by atoms with E-state index in [0.29, 0.717) is 13.0 Å². The molecule has 0 atom stereocenters. The molecule has 86 valence electrons. The molecular weight excluding hydrogens is 227 g/mol. The number of hydrogen-bond donors (Lipinski definition) is 0. The van der Waals surface area contributed by atoms with Gasteiger partial charge in [-0.05, 0) is 37.7 Å². The SMILES string of the molecule is CN(CCCC#N)Cc1ccc(F)c(Cl)c1. The van der Waals surface area contributed by atoms with Crippen LogP contribution in [0.2, 0.25) is 5.02 Å². The normalized spacial score (nSPS) is 10.4. The average molecular weight is 241 g/mol. The second-order valence-electron chi connectivity index (χ2n) is 3.75. The van der Waals surface area contributed by atoms with Crippen molar-refractivity contribution in [3.8, 4) is 6.07 Å². The summed E-state index contributed by atoms with van der Waals surface area (Å²) in [5.41, 5.74) is 0.978. The molecule has 0 spiro atoms. The molecule has 2 nitrogen and oxygen atoms in total. The van der Waals surface area contributed by atoms with E-state index in [4.69, 9.17) is 16.9 Å². The lowest BCUT2D eigenvalue weighted by atomic mass is 10.2. The van der Waals surface area contributed by atoms with Gasteiger partial charge in [-0.2, -0.15) is 5.26 Å². The van der Waals surface area contributed by atoms with Crippen LogP contribution in [0, 0.1) is 17.1 Å². The summed E-state index contributed by atoms with van der Waals surface area (Å²) in [6, 6.07) is 6.84. The Morgan fingerprint density at radius 2 is 2.25 bits per heavy atom. The van der Waals surface area contributed by atoms with Crippen LogP contribution in [0.5, 0.6) is 0 Å². The number of hydrogen-bond acceptors (Lipinski definition) is 2. The minimum Gasteiger partial charge on any atom is -0.302 e. The molecule has 1 aromatic rings. The molecule has 0 bridgehead atoms. The van der Waals surface area contributed by atoms with E-state index in [1.54, 1.807) is 12.1 Å². The summed E-state index contributed by atoms with van der Waals surface area (Å²) in [5.74, 6) is -0.391. The first kappa shape index (κ1) is 13.0. The lowest BCUT2D eigenvalue weighted by Crippen LogP contribution is -2.18. The summed E-state index contributed by atoms with van der Waals surface area (Å²) >= 11 is 5.69. The van der Waals surface area contributed by atoms with Crippen molar-refractivity contribution in [3.05, 3.63) is 34.6 Å². The van der Waals surface area contributed by atoms with Gasteiger partial charge in [-0.25, -0.2) is 4.39 Å². The van der Waals surface area contributed by atoms with E-state index in [1.165, 1.54) is 6.07 Å². The number of nitrogens with zero attached hydrogens (tertiary/aromatic N) is 2. The Bertz CT molecular complexity index is 387. The summed E-state index contributed by atoms with van der Waals surface area (Å²) < 4.78 is 12.9. The van der Waals surface area contributed by atoms with Crippen LogP contribution < -0.4 is 0 Å². The molecule has 0 fully saturated rings. The lowest BCUT2D eigenvalue weighted by Gasteiger charge is -2.15. The Hall–Kier alpha value is -1.11. The first-order valence-corrected chi connectivity index (χ1v) is 5.50. The highest BCUT2D eigenvalue weighted by Crippen LogP contribution is 2.16. The lowest BCUT2D eigenvalue weighted by molar-refractivity contribution is 0.323. The van der Waals surface area contributed by atoms with Gasteiger partial charge >= 0.3 is 0 Å². The van der Waals surface area contributed by atoms with Crippen LogP contribution in [0.3, 0.4) is 0 Å². The first-order chi connectivity index (χ1) is 7.63. The zero-order valence-electron chi connectivity index (χ0n) is 9.21. The van der Waals surface area contributed by atoms with Gasteiger partial charge in [0.25, 0.3) is 0 Å². The third-order valence-electron chi connectivity index (χ3n) is 2.26. The molecule has 0 heterocycles. The summed E-state index contributed by atoms with van der Waals surface area (Å²) in [6.45, 7) is 1.56. The predicted molar refractivity (Wildman–Crippen MR) is 62.6 cm³/mol. The molecule has 0 amide bonds. The maximum Gasteiger partial charge on any atom is 0.141 e. The molecule has 1 aromatic carbocycles. The molecule has 4 heteroatoms. The van der Waals surface area contributed by atoms with Gasteiger partial charge in [-0.1, -0.05) is 17.7 Å². The van der Waals surface area contributed by atoms with Crippen molar-refractivity contribution in [2.45, 2.75) is 19.4 Å². The van der Waals surface area contributed by atoms with Crippen LogP contribution in [0.1, 0.15) is 18.4 Å². The first-order valence-electron chi connectivity index (χ1n) is 5.13. The van der Waals surface area contributed by atoms with Gasteiger partial charge in [-0.15, -0.1) is 0 Å². The second kappa shape index (κ2) is 6.47. The highest BCUT2D eigenvalue weighted by Gasteiger charge is 2.03. The number of unbranched alkanes of at least 4 members (excludes halogenated alkanes) is 1. The third kappa shape index (κ3) is 4.18. The van der Waals surface area contributed by atoms with Crippen molar-refractivity contribution in [2.75, 3.05) is 13.6 Å². The highest BCUT2D eigenvalue weighted by atomic mass is 35.5. The molecule has 16 heavy (non-hydrogen) atoms. The number of nitriles is 1. The number of halogens is 2. The standard InChI is InChI=1S/C12H14ClFN2/c1-16(7-3-2-6-15)9-10-4-5-12(14)11(13)8-10/h4-5,8H,2-3,7,9H2,1H3. The van der Waals surface area contributed by atoms with Crippen LogP contribution in [-0.2, 0) is 6.54 Å². The van der Waals surface area contributed by atoms with Crippen LogP contribution in [-0.4, -0.2) is 18.5 Å². The van der Waals surface area contributed by atoms with Crippen molar-refractivity contribution in [3.63, 3.8) is 0 Å². The summed E-state index contributed by atoms with van der Waals surface area (Å²) in [4.78, 5) is 2.08. The second-order valence-corrected chi connectivity index (χ2v) is 4.16. The minimum atomic E-state index is -0.391. The fraction of sp³-hybridized carbons (Fsp3) is 0.417. The van der Waals surface area contributed by atoms with Crippen molar-refractivity contribution in [1.29, 1.82) is 5.26 Å². The van der Waals surface area contributed by atoms with Crippen LogP contribution in [0.15, 0.2) is 18.2 Å². The van der Waals surface area contributed by atoms with E-state index in [2.05, 4.69) is 11.0 Å². The smallest absolute Gasteiger partial charge is 0.141 e. The van der Waals surface area contributed by atoms with Crippen molar-refractivity contribution in [2.24, 2.45) is 0 Å². The maximum absolute atomic E-state index is 12.9. The topological polar surface area (TPSA) is 27.0 Å². The van der Waals surface area contributed by atoms with Crippen molar-refractivity contribution in [1.82, 2.24) is 4.90 Å². The monoisotopic (exact) mass is 240 g/mol. The molecule has 0 aliphatic rings. The Morgan fingerprint density at radius 1 is 1.50 bits per heavy atom. The van der Waals surface area contributed by atoms with Gasteiger partial charge in [0.2, 0.25) is 0 Å². The van der Waals surface area contributed by atoms with Crippen molar-refractivity contribution < 1.29 is 4.39 Å². The molecule has 0 aromatic heterocycles. The Labute approximate surface area is 100 Å². The zero-order valence-corrected chi connectivity index (χ0v) is 9.97. The zero-order chi connectivity index (χ0) is 12.0. The van der Waals surface area contributed by atoms with E-state index < -0.39 is 5.82 Å². The van der Waals surface area contributed by atoms with Gasteiger partial charge < -0.3 is 4.90 Å². The van der Waals surface area contributed by atoms with Gasteiger partial charge in [0.1, 0.15) is 5.82 Å². The summed E-state index contributed by atoms with van der Waals surface area (Å²) in [6.07, 6.45) is 1.41. The molecule has 0 radical (unpaired) electrons. The van der Waals surface area contributed by atoms with Gasteiger partial charge in [0.05, 0.1) is 11.1 Å². The average Bonchev–Trinajstić information content (AvgIpc) is 2.24. The van der Waals surface area contributed by atoms with E-state index in [9.17, 15) is 4.39 Å². The molecule has 0 saturated heterocycles. The van der Waals surface area contributed by atoms with Crippen molar-refractivity contribution >= 4 is 11.6 Å². The fourth-order valence-electron chi connectivity index (χ4n) is 1.46. The minimum absolute atomic E-state index is 0.155. The molecule has 0 unspecified atom stereocenters. The molecular formula is C12H14ClFN2. The van der Waals surface area contributed by atoms with E-state index in [1.807, 2.05) is 7.05 Å². The number of rotatable bonds is 5. The van der Waals surface area contributed by atoms with E-state index in [0.717, 1.165) is 18.5 Å². The Morgan fingerprint density at radius 3 is 2.88 bits per heavy atom. The molecule has 1 rings (SSSR count). The molecule has 0 aliphatic carbocycles. The Kier molecular flexibility index (Phi) is 5.24. The number of benzene rings is 1. The predicted octanol–water partition coefficient (Wildman–Crippen LogP) is 3.21. The van der Waals surface area contributed by atoms with Crippen LogP contribution in [0.25, 0.3) is 0 Å². The van der Waals surface area contributed by atoms with Crippen LogP contribution >= 0.6 is 11.6 Å². The Balaban J connectivity index is 2.47. The van der Waals surface area contributed by atoms with Gasteiger partial charge in [-0.3, -0.25) is 0 Å². The fourth-order valence-corrected chi connectivity index (χ4v) is 1.66. The van der Waals surface area contributed by atoms with E-state index in [-0.39, 0.29) is 5.02 Å². The van der Waals surface area contributed by atoms with E-state index >= 15 is 0 Å². The largest absolute Gasteiger partial charge is 0.302 e. The van der Waals surface area contributed by atoms with Gasteiger partial charge in [0.15, 0.2) is 0 Å². The van der Waals surface area contributed by atoms with Gasteiger partial charge in [0, 0.05) is 13.0 Å². The quantitative estimate of drug-likeness (QED) is 0.739. The molecule has 0 aliphatic heterocycles. The molecule has 0 N–H and O–H groups in total. The summed E-state index contributed by atoms with van der Waals surface area (Å²) in [7, 11) is 1.97. The third-order valence-corrected chi connectivity index (χ3v) is 2.55. The van der Waals surface area contributed by atoms with Crippen LogP contribution in [0.4, 0.5) is 4.39 Å². The molecule has 0 saturated carbocycles. The highest BCUT2D eigenvalue weighted by molar-refractivity contribution is 6.30.